The zero-order valence-corrected chi connectivity index (χ0v) is 25.7. The Balaban J connectivity index is 1.11. The first kappa shape index (κ1) is 30.0. The van der Waals surface area contributed by atoms with Crippen LogP contribution in [0.3, 0.4) is 0 Å². The highest BCUT2D eigenvalue weighted by molar-refractivity contribution is 8.26. The van der Waals surface area contributed by atoms with Crippen molar-refractivity contribution in [2.45, 2.75) is 44.2 Å². The van der Waals surface area contributed by atoms with Crippen LogP contribution in [0.4, 0.5) is 0 Å². The number of carboxylic acids is 1. The maximum absolute atomic E-state index is 13.3. The third-order valence-electron chi connectivity index (χ3n) is 8.48. The maximum atomic E-state index is 13.3. The number of amides is 2. The van der Waals surface area contributed by atoms with Crippen LogP contribution < -0.4 is 14.8 Å². The average Bonchev–Trinajstić information content (AvgIpc) is 3.82. The second kappa shape index (κ2) is 12.9. The van der Waals surface area contributed by atoms with Gasteiger partial charge in [0.25, 0.3) is 11.8 Å². The Labute approximate surface area is 264 Å². The molecule has 4 atom stereocenters. The highest BCUT2D eigenvalue weighted by Crippen LogP contribution is 2.49. The number of fused-ring (bicyclic) bond motifs is 2. The number of nitrogens with one attached hydrogen (secondary N) is 1. The minimum atomic E-state index is -1.14. The summed E-state index contributed by atoms with van der Waals surface area (Å²) in [6.45, 7) is -0.410. The predicted molar refractivity (Wildman–Crippen MR) is 170 cm³/mol. The maximum Gasteiger partial charge on any atom is 0.326 e. The lowest BCUT2D eigenvalue weighted by Crippen LogP contribution is -2.44. The van der Waals surface area contributed by atoms with Crippen molar-refractivity contribution >= 4 is 52.2 Å². The van der Waals surface area contributed by atoms with Crippen LogP contribution in [0.25, 0.3) is 17.4 Å². The molecular formula is C33H32N2O7S2. The standard InChI is InChI=1S/C33H32N2O7S2/c1-40-27-11-9-22(16-28(27)41-18-30(36)34-24(32(38)39)14-19-5-3-2-4-6-19)26-12-10-23(42-26)17-29-31(37)35(33(43)44-29)25-15-20-7-8-21(25)13-20/h2-6,9-12,16-17,20-21,24-25H,7-8,13-15,18H2,1H3,(H,34,36)(H,38,39)/b29-17-/t20?,21?,24-,25?/m0/s1. The van der Waals surface area contributed by atoms with E-state index in [1.54, 1.807) is 48.5 Å². The molecule has 3 fully saturated rings. The molecule has 1 aromatic heterocycles. The molecule has 2 N–H and O–H groups in total. The molecule has 228 valence electrons. The van der Waals surface area contributed by atoms with Crippen LogP contribution in [0.1, 0.15) is 37.0 Å². The van der Waals surface area contributed by atoms with Gasteiger partial charge in [-0.25, -0.2) is 4.79 Å². The number of carboxylic acid groups (broad SMARTS) is 1. The number of nitrogens with zero attached hydrogens (tertiary/aromatic N) is 1. The minimum absolute atomic E-state index is 0.0529. The van der Waals surface area contributed by atoms with Crippen molar-refractivity contribution in [3.63, 3.8) is 0 Å². The molecular weight excluding hydrogens is 601 g/mol. The smallest absolute Gasteiger partial charge is 0.326 e. The van der Waals surface area contributed by atoms with E-state index >= 15 is 0 Å². The number of hydrogen-bond donors (Lipinski definition) is 2. The molecule has 2 heterocycles. The molecule has 9 nitrogen and oxygen atoms in total. The van der Waals surface area contributed by atoms with Crippen LogP contribution in [0.15, 0.2) is 70.0 Å². The number of carbonyl (C=O) groups is 3. The van der Waals surface area contributed by atoms with E-state index < -0.39 is 24.5 Å². The van der Waals surface area contributed by atoms with Crippen molar-refractivity contribution in [2.75, 3.05) is 13.7 Å². The summed E-state index contributed by atoms with van der Waals surface area (Å²) in [4.78, 5) is 40.1. The van der Waals surface area contributed by atoms with Crippen molar-refractivity contribution < 1.29 is 33.4 Å². The summed E-state index contributed by atoms with van der Waals surface area (Å²) in [6, 6.07) is 16.9. The second-order valence-corrected chi connectivity index (χ2v) is 13.0. The molecule has 1 saturated heterocycles. The zero-order chi connectivity index (χ0) is 30.8. The van der Waals surface area contributed by atoms with Crippen LogP contribution in [-0.2, 0) is 20.8 Å². The molecule has 3 aliphatic rings. The number of thioether (sulfide) groups is 1. The molecule has 2 aromatic carbocycles. The van der Waals surface area contributed by atoms with Crippen molar-refractivity contribution in [1.82, 2.24) is 10.2 Å². The first-order valence-corrected chi connectivity index (χ1v) is 15.8. The number of carbonyl (C=O) groups excluding carboxylic acids is 2. The first-order valence-electron chi connectivity index (χ1n) is 14.5. The molecule has 3 aromatic rings. The molecule has 6 rings (SSSR count). The molecule has 0 radical (unpaired) electrons. The summed E-state index contributed by atoms with van der Waals surface area (Å²) < 4.78 is 17.8. The van der Waals surface area contributed by atoms with Gasteiger partial charge in [-0.2, -0.15) is 0 Å². The topological polar surface area (TPSA) is 118 Å². The Morgan fingerprint density at radius 2 is 1.95 bits per heavy atom. The summed E-state index contributed by atoms with van der Waals surface area (Å²) in [6.07, 6.45) is 6.53. The summed E-state index contributed by atoms with van der Waals surface area (Å²) >= 11 is 6.92. The Bertz CT molecular complexity index is 1620. The van der Waals surface area contributed by atoms with Crippen LogP contribution in [0.5, 0.6) is 11.5 Å². The number of aliphatic carboxylic acids is 1. The normalized spacial score (nSPS) is 22.4. The Hall–Kier alpha value is -4.09. The van der Waals surface area contributed by atoms with E-state index in [1.165, 1.54) is 38.1 Å². The van der Waals surface area contributed by atoms with Crippen molar-refractivity contribution in [3.05, 3.63) is 76.9 Å². The lowest BCUT2D eigenvalue weighted by atomic mass is 9.94. The van der Waals surface area contributed by atoms with Crippen molar-refractivity contribution in [1.29, 1.82) is 0 Å². The third-order valence-corrected chi connectivity index (χ3v) is 9.81. The summed E-state index contributed by atoms with van der Waals surface area (Å²) in [5.41, 5.74) is 1.46. The van der Waals surface area contributed by atoms with Gasteiger partial charge in [0.05, 0.1) is 12.0 Å². The molecule has 44 heavy (non-hydrogen) atoms. The summed E-state index contributed by atoms with van der Waals surface area (Å²) in [5, 5.41) is 12.1. The Kier molecular flexibility index (Phi) is 8.76. The minimum Gasteiger partial charge on any atom is -0.493 e. The number of hydrogen-bond acceptors (Lipinski definition) is 8. The van der Waals surface area contributed by atoms with Gasteiger partial charge in [0.2, 0.25) is 0 Å². The Morgan fingerprint density at radius 3 is 2.66 bits per heavy atom. The monoisotopic (exact) mass is 632 g/mol. The van der Waals surface area contributed by atoms with E-state index in [0.29, 0.717) is 49.6 Å². The summed E-state index contributed by atoms with van der Waals surface area (Å²) in [7, 11) is 1.49. The lowest BCUT2D eigenvalue weighted by Gasteiger charge is -2.30. The van der Waals surface area contributed by atoms with E-state index in [4.69, 9.17) is 26.1 Å². The van der Waals surface area contributed by atoms with E-state index in [2.05, 4.69) is 5.32 Å². The number of rotatable bonds is 11. The van der Waals surface area contributed by atoms with E-state index in [0.717, 1.165) is 12.0 Å². The van der Waals surface area contributed by atoms with E-state index in [-0.39, 0.29) is 18.4 Å². The number of furan rings is 1. The van der Waals surface area contributed by atoms with Gasteiger partial charge in [-0.1, -0.05) is 60.7 Å². The average molecular weight is 633 g/mol. The second-order valence-electron chi connectivity index (χ2n) is 11.3. The summed E-state index contributed by atoms with van der Waals surface area (Å²) in [5.74, 6) is 1.23. The van der Waals surface area contributed by atoms with Gasteiger partial charge >= 0.3 is 5.97 Å². The number of methoxy groups -OCH3 is 1. The van der Waals surface area contributed by atoms with Crippen LogP contribution in [-0.4, -0.2) is 57.9 Å². The molecule has 2 saturated carbocycles. The molecule has 2 bridgehead atoms. The largest absolute Gasteiger partial charge is 0.493 e. The first-order chi connectivity index (χ1) is 21.3. The van der Waals surface area contributed by atoms with Gasteiger partial charge in [0, 0.05) is 24.1 Å². The molecule has 11 heteroatoms. The fourth-order valence-corrected chi connectivity index (χ4v) is 7.73. The van der Waals surface area contributed by atoms with Gasteiger partial charge in [-0.3, -0.25) is 14.5 Å². The third kappa shape index (κ3) is 6.39. The van der Waals surface area contributed by atoms with E-state index in [1.807, 2.05) is 23.1 Å². The fraction of sp³-hybridized carbons (Fsp3) is 0.333. The zero-order valence-electron chi connectivity index (χ0n) is 24.1. The van der Waals surface area contributed by atoms with Crippen LogP contribution in [0.2, 0.25) is 0 Å². The van der Waals surface area contributed by atoms with Gasteiger partial charge in [0.15, 0.2) is 18.1 Å². The predicted octanol–water partition coefficient (Wildman–Crippen LogP) is 5.54. The molecule has 0 spiro atoms. The van der Waals surface area contributed by atoms with Gasteiger partial charge in [0.1, 0.15) is 21.9 Å². The quantitative estimate of drug-likeness (QED) is 0.208. The van der Waals surface area contributed by atoms with Gasteiger partial charge in [-0.15, -0.1) is 0 Å². The highest BCUT2D eigenvalue weighted by Gasteiger charge is 2.48. The van der Waals surface area contributed by atoms with Gasteiger partial charge < -0.3 is 24.3 Å². The Morgan fingerprint density at radius 1 is 1.14 bits per heavy atom. The fourth-order valence-electron chi connectivity index (χ4n) is 6.38. The number of ether oxygens (including phenoxy) is 2. The highest BCUT2D eigenvalue weighted by atomic mass is 32.2. The number of thiocarbonyl (C=S) groups is 1. The molecule has 1 aliphatic heterocycles. The van der Waals surface area contributed by atoms with Crippen LogP contribution >= 0.6 is 24.0 Å². The lowest BCUT2D eigenvalue weighted by molar-refractivity contribution is -0.142. The molecule has 3 unspecified atom stereocenters. The van der Waals surface area contributed by atoms with E-state index in [9.17, 15) is 19.5 Å². The molecule has 2 amide bonds. The number of benzene rings is 2. The van der Waals surface area contributed by atoms with Crippen LogP contribution in [0, 0.1) is 11.8 Å². The SMILES string of the molecule is COc1ccc(-c2ccc(/C=C3\SC(=S)N(C4CC5CCC4C5)C3=O)o2)cc1OCC(=O)N[C@@H](Cc1ccccc1)C(=O)O. The van der Waals surface area contributed by atoms with Crippen molar-refractivity contribution in [2.24, 2.45) is 11.8 Å². The molecule has 2 aliphatic carbocycles. The van der Waals surface area contributed by atoms with Gasteiger partial charge in [-0.05, 0) is 67.0 Å². The van der Waals surface area contributed by atoms with Crippen molar-refractivity contribution in [3.8, 4) is 22.8 Å².